The summed E-state index contributed by atoms with van der Waals surface area (Å²) in [5.74, 6) is -0.256. The Bertz CT molecular complexity index is 618. The van der Waals surface area contributed by atoms with Gasteiger partial charge in [0.25, 0.3) is 5.91 Å². The molecule has 1 aliphatic rings. The Morgan fingerprint density at radius 3 is 3.00 bits per heavy atom. The fourth-order valence-electron chi connectivity index (χ4n) is 2.61. The monoisotopic (exact) mass is 246 g/mol. The summed E-state index contributed by atoms with van der Waals surface area (Å²) < 4.78 is 13.3. The van der Waals surface area contributed by atoms with Crippen molar-refractivity contribution in [2.24, 2.45) is 0 Å². The SMILES string of the molecule is CN1CCCCc2c([nH]c3ccc(F)cc23)C1=O. The van der Waals surface area contributed by atoms with Crippen LogP contribution in [0.15, 0.2) is 18.2 Å². The molecule has 0 radical (unpaired) electrons. The van der Waals surface area contributed by atoms with E-state index in [0.29, 0.717) is 5.69 Å². The van der Waals surface area contributed by atoms with Gasteiger partial charge in [-0.2, -0.15) is 0 Å². The van der Waals surface area contributed by atoms with Gasteiger partial charge in [-0.3, -0.25) is 4.79 Å². The molecule has 18 heavy (non-hydrogen) atoms. The lowest BCUT2D eigenvalue weighted by Gasteiger charge is -2.20. The Kier molecular flexibility index (Phi) is 2.58. The Labute approximate surface area is 105 Å². The second kappa shape index (κ2) is 4.12. The standard InChI is InChI=1S/C14H15FN2O/c1-17-7-3-2-4-10-11-8-9(15)5-6-12(11)16-13(10)14(17)18/h5-6,8,16H,2-4,7H2,1H3. The zero-order valence-electron chi connectivity index (χ0n) is 10.3. The molecule has 1 aliphatic heterocycles. The summed E-state index contributed by atoms with van der Waals surface area (Å²) in [6.45, 7) is 0.780. The van der Waals surface area contributed by atoms with Crippen molar-refractivity contribution >= 4 is 16.8 Å². The number of aromatic nitrogens is 1. The van der Waals surface area contributed by atoms with Gasteiger partial charge >= 0.3 is 0 Å². The van der Waals surface area contributed by atoms with Crippen LogP contribution >= 0.6 is 0 Å². The second-order valence-electron chi connectivity index (χ2n) is 4.85. The molecule has 1 aromatic heterocycles. The van der Waals surface area contributed by atoms with Crippen molar-refractivity contribution in [1.82, 2.24) is 9.88 Å². The minimum Gasteiger partial charge on any atom is -0.350 e. The predicted octanol–water partition coefficient (Wildman–Crippen LogP) is 2.72. The average Bonchev–Trinajstić information content (AvgIpc) is 2.70. The number of amides is 1. The first-order chi connectivity index (χ1) is 8.66. The Morgan fingerprint density at radius 2 is 2.17 bits per heavy atom. The lowest BCUT2D eigenvalue weighted by molar-refractivity contribution is 0.0783. The number of nitrogens with one attached hydrogen (secondary N) is 1. The van der Waals surface area contributed by atoms with Crippen molar-refractivity contribution in [3.8, 4) is 0 Å². The van der Waals surface area contributed by atoms with Gasteiger partial charge in [-0.05, 0) is 43.0 Å². The maximum atomic E-state index is 13.3. The van der Waals surface area contributed by atoms with Crippen LogP contribution in [0, 0.1) is 5.82 Å². The molecule has 3 rings (SSSR count). The van der Waals surface area contributed by atoms with E-state index < -0.39 is 0 Å². The smallest absolute Gasteiger partial charge is 0.270 e. The zero-order valence-corrected chi connectivity index (χ0v) is 10.3. The van der Waals surface area contributed by atoms with E-state index >= 15 is 0 Å². The molecule has 2 heterocycles. The van der Waals surface area contributed by atoms with E-state index in [1.807, 2.05) is 7.05 Å². The van der Waals surface area contributed by atoms with Crippen LogP contribution in [-0.4, -0.2) is 29.4 Å². The fraction of sp³-hybridized carbons (Fsp3) is 0.357. The molecule has 0 fully saturated rings. The minimum absolute atomic E-state index is 0.00121. The highest BCUT2D eigenvalue weighted by Gasteiger charge is 2.22. The van der Waals surface area contributed by atoms with Crippen LogP contribution in [-0.2, 0) is 6.42 Å². The Morgan fingerprint density at radius 1 is 1.33 bits per heavy atom. The van der Waals surface area contributed by atoms with Gasteiger partial charge in [0.1, 0.15) is 11.5 Å². The van der Waals surface area contributed by atoms with Crippen LogP contribution in [0.1, 0.15) is 28.9 Å². The number of H-pyrrole nitrogens is 1. The summed E-state index contributed by atoms with van der Waals surface area (Å²) in [6.07, 6.45) is 2.84. The molecule has 0 spiro atoms. The first kappa shape index (κ1) is 11.3. The first-order valence-corrected chi connectivity index (χ1v) is 6.22. The van der Waals surface area contributed by atoms with Crippen LogP contribution in [0.2, 0.25) is 0 Å². The molecule has 0 saturated heterocycles. The number of hydrogen-bond donors (Lipinski definition) is 1. The number of carbonyl (C=O) groups excluding carboxylic acids is 1. The molecule has 4 heteroatoms. The molecule has 1 aromatic carbocycles. The number of rotatable bonds is 0. The number of benzene rings is 1. The minimum atomic E-state index is -0.257. The van der Waals surface area contributed by atoms with E-state index in [4.69, 9.17) is 0 Å². The number of nitrogens with zero attached hydrogens (tertiary/aromatic N) is 1. The molecular weight excluding hydrogens is 231 g/mol. The Hall–Kier alpha value is -1.84. The van der Waals surface area contributed by atoms with Crippen molar-refractivity contribution in [1.29, 1.82) is 0 Å². The van der Waals surface area contributed by atoms with Gasteiger partial charge in [0, 0.05) is 24.5 Å². The summed E-state index contributed by atoms with van der Waals surface area (Å²) >= 11 is 0. The number of fused-ring (bicyclic) bond motifs is 3. The maximum Gasteiger partial charge on any atom is 0.270 e. The third-order valence-corrected chi connectivity index (χ3v) is 3.60. The molecule has 0 aliphatic carbocycles. The third kappa shape index (κ3) is 1.68. The molecule has 0 atom stereocenters. The van der Waals surface area contributed by atoms with Gasteiger partial charge < -0.3 is 9.88 Å². The molecular formula is C14H15FN2O. The highest BCUT2D eigenvalue weighted by Crippen LogP contribution is 2.27. The summed E-state index contributed by atoms with van der Waals surface area (Å²) in [4.78, 5) is 17.1. The van der Waals surface area contributed by atoms with Crippen LogP contribution < -0.4 is 0 Å². The van der Waals surface area contributed by atoms with Gasteiger partial charge in [0.05, 0.1) is 0 Å². The van der Waals surface area contributed by atoms with E-state index in [1.165, 1.54) is 12.1 Å². The summed E-state index contributed by atoms with van der Waals surface area (Å²) in [7, 11) is 1.81. The highest BCUT2D eigenvalue weighted by molar-refractivity contribution is 6.01. The molecule has 3 nitrogen and oxygen atoms in total. The number of halogens is 1. The second-order valence-corrected chi connectivity index (χ2v) is 4.85. The first-order valence-electron chi connectivity index (χ1n) is 6.22. The summed E-state index contributed by atoms with van der Waals surface area (Å²) in [6, 6.07) is 4.63. The van der Waals surface area contributed by atoms with E-state index in [2.05, 4.69) is 4.98 Å². The topological polar surface area (TPSA) is 36.1 Å². The van der Waals surface area contributed by atoms with Gasteiger partial charge in [0.2, 0.25) is 0 Å². The van der Waals surface area contributed by atoms with Crippen molar-refractivity contribution in [2.75, 3.05) is 13.6 Å². The fourth-order valence-corrected chi connectivity index (χ4v) is 2.61. The van der Waals surface area contributed by atoms with Gasteiger partial charge in [-0.1, -0.05) is 0 Å². The largest absolute Gasteiger partial charge is 0.350 e. The molecule has 0 unspecified atom stereocenters. The third-order valence-electron chi connectivity index (χ3n) is 3.60. The van der Waals surface area contributed by atoms with Gasteiger partial charge in [0.15, 0.2) is 0 Å². The van der Waals surface area contributed by atoms with Crippen LogP contribution in [0.4, 0.5) is 4.39 Å². The molecule has 0 bridgehead atoms. The van der Waals surface area contributed by atoms with Crippen molar-refractivity contribution < 1.29 is 9.18 Å². The predicted molar refractivity (Wildman–Crippen MR) is 68.2 cm³/mol. The van der Waals surface area contributed by atoms with Crippen LogP contribution in [0.5, 0.6) is 0 Å². The highest BCUT2D eigenvalue weighted by atomic mass is 19.1. The maximum absolute atomic E-state index is 13.3. The summed E-state index contributed by atoms with van der Waals surface area (Å²) in [5, 5.41) is 0.841. The molecule has 2 aromatic rings. The number of aryl methyl sites for hydroxylation is 1. The number of carbonyl (C=O) groups is 1. The number of hydrogen-bond acceptors (Lipinski definition) is 1. The molecule has 94 valence electrons. The van der Waals surface area contributed by atoms with E-state index in [1.54, 1.807) is 11.0 Å². The summed E-state index contributed by atoms with van der Waals surface area (Å²) in [5.41, 5.74) is 2.42. The lowest BCUT2D eigenvalue weighted by Crippen LogP contribution is -2.30. The Balaban J connectivity index is 2.23. The zero-order chi connectivity index (χ0) is 12.7. The van der Waals surface area contributed by atoms with Crippen molar-refractivity contribution in [3.05, 3.63) is 35.3 Å². The van der Waals surface area contributed by atoms with Gasteiger partial charge in [-0.25, -0.2) is 4.39 Å². The molecule has 1 N–H and O–H groups in total. The van der Waals surface area contributed by atoms with Crippen LogP contribution in [0.3, 0.4) is 0 Å². The van der Waals surface area contributed by atoms with E-state index in [0.717, 1.165) is 42.3 Å². The van der Waals surface area contributed by atoms with Crippen LogP contribution in [0.25, 0.3) is 10.9 Å². The van der Waals surface area contributed by atoms with Crippen molar-refractivity contribution in [2.45, 2.75) is 19.3 Å². The average molecular weight is 246 g/mol. The van der Waals surface area contributed by atoms with E-state index in [-0.39, 0.29) is 11.7 Å². The van der Waals surface area contributed by atoms with Gasteiger partial charge in [-0.15, -0.1) is 0 Å². The normalized spacial score (nSPS) is 16.6. The van der Waals surface area contributed by atoms with Crippen molar-refractivity contribution in [3.63, 3.8) is 0 Å². The number of aromatic amines is 1. The molecule has 0 saturated carbocycles. The van der Waals surface area contributed by atoms with E-state index in [9.17, 15) is 9.18 Å². The molecule has 1 amide bonds. The lowest BCUT2D eigenvalue weighted by atomic mass is 10.0. The quantitative estimate of drug-likeness (QED) is 0.762.